The van der Waals surface area contributed by atoms with E-state index in [-0.39, 0.29) is 6.03 Å². The molecular formula is C11H21N3O. The Morgan fingerprint density at radius 1 is 1.40 bits per heavy atom. The summed E-state index contributed by atoms with van der Waals surface area (Å²) in [5.74, 6) is 0. The summed E-state index contributed by atoms with van der Waals surface area (Å²) in [5.41, 5.74) is 0. The lowest BCUT2D eigenvalue weighted by Crippen LogP contribution is -2.44. The van der Waals surface area contributed by atoms with E-state index in [1.807, 2.05) is 4.90 Å². The summed E-state index contributed by atoms with van der Waals surface area (Å²) in [6.07, 6.45) is 4.46. The summed E-state index contributed by atoms with van der Waals surface area (Å²) >= 11 is 0. The number of piperidine rings is 1. The van der Waals surface area contributed by atoms with E-state index in [0.717, 1.165) is 45.3 Å². The molecule has 0 spiro atoms. The van der Waals surface area contributed by atoms with Crippen molar-refractivity contribution >= 4 is 6.03 Å². The number of urea groups is 1. The Morgan fingerprint density at radius 3 is 2.80 bits per heavy atom. The third kappa shape index (κ3) is 2.43. The van der Waals surface area contributed by atoms with Crippen LogP contribution in [0.5, 0.6) is 0 Å². The molecule has 0 saturated carbocycles. The first-order chi connectivity index (χ1) is 7.31. The number of nitrogens with zero attached hydrogens (tertiary/aromatic N) is 1. The maximum absolute atomic E-state index is 11.8. The molecule has 2 N–H and O–H groups in total. The number of hydrogen-bond acceptors (Lipinski definition) is 2. The molecule has 0 bridgehead atoms. The number of amides is 2. The predicted octanol–water partition coefficient (Wildman–Crippen LogP) is 0.932. The molecular weight excluding hydrogens is 190 g/mol. The van der Waals surface area contributed by atoms with Gasteiger partial charge in [0.2, 0.25) is 0 Å². The highest BCUT2D eigenvalue weighted by Gasteiger charge is 2.33. The fourth-order valence-electron chi connectivity index (χ4n) is 2.57. The maximum Gasteiger partial charge on any atom is 0.317 e. The van der Waals surface area contributed by atoms with Gasteiger partial charge in [0.05, 0.1) is 0 Å². The summed E-state index contributed by atoms with van der Waals surface area (Å²) in [5, 5.41) is 6.40. The summed E-state index contributed by atoms with van der Waals surface area (Å²) in [6.45, 7) is 5.18. The summed E-state index contributed by atoms with van der Waals surface area (Å²) in [6, 6.07) is 1.01. The standard InChI is InChI=1S/C11H21N3O/c1-2-3-9-8-14(11(15)13-9)10-4-6-12-7-5-10/h9-10,12H,2-8H2,1H3,(H,13,15). The van der Waals surface area contributed by atoms with Crippen molar-refractivity contribution in [3.8, 4) is 0 Å². The molecule has 1 atom stereocenters. The van der Waals surface area contributed by atoms with Crippen LogP contribution in [0.1, 0.15) is 32.6 Å². The first-order valence-corrected chi connectivity index (χ1v) is 6.09. The van der Waals surface area contributed by atoms with E-state index in [9.17, 15) is 4.79 Å². The molecule has 2 aliphatic heterocycles. The van der Waals surface area contributed by atoms with Gasteiger partial charge in [-0.15, -0.1) is 0 Å². The molecule has 0 aromatic heterocycles. The van der Waals surface area contributed by atoms with Gasteiger partial charge in [0.1, 0.15) is 0 Å². The maximum atomic E-state index is 11.8. The smallest absolute Gasteiger partial charge is 0.317 e. The molecule has 2 amide bonds. The van der Waals surface area contributed by atoms with Crippen molar-refractivity contribution in [2.75, 3.05) is 19.6 Å². The number of nitrogens with one attached hydrogen (secondary N) is 2. The molecule has 2 aliphatic rings. The van der Waals surface area contributed by atoms with Gasteiger partial charge in [0, 0.05) is 18.6 Å². The van der Waals surface area contributed by atoms with Crippen molar-refractivity contribution in [3.63, 3.8) is 0 Å². The molecule has 0 aliphatic carbocycles. The third-order valence-corrected chi connectivity index (χ3v) is 3.39. The zero-order valence-corrected chi connectivity index (χ0v) is 9.46. The van der Waals surface area contributed by atoms with E-state index in [4.69, 9.17) is 0 Å². The number of rotatable bonds is 3. The van der Waals surface area contributed by atoms with Crippen molar-refractivity contribution in [3.05, 3.63) is 0 Å². The molecule has 2 saturated heterocycles. The van der Waals surface area contributed by atoms with E-state index in [2.05, 4.69) is 17.6 Å². The fourth-order valence-corrected chi connectivity index (χ4v) is 2.57. The Morgan fingerprint density at radius 2 is 2.13 bits per heavy atom. The van der Waals surface area contributed by atoms with Gasteiger partial charge < -0.3 is 15.5 Å². The van der Waals surface area contributed by atoms with Crippen molar-refractivity contribution in [2.24, 2.45) is 0 Å². The first kappa shape index (κ1) is 10.7. The zero-order valence-electron chi connectivity index (χ0n) is 9.46. The molecule has 4 heteroatoms. The van der Waals surface area contributed by atoms with Crippen LogP contribution in [-0.2, 0) is 0 Å². The van der Waals surface area contributed by atoms with Crippen LogP contribution in [0, 0.1) is 0 Å². The largest absolute Gasteiger partial charge is 0.333 e. The lowest BCUT2D eigenvalue weighted by molar-refractivity contribution is 0.182. The zero-order chi connectivity index (χ0) is 10.7. The molecule has 86 valence electrons. The number of carbonyl (C=O) groups excluding carboxylic acids is 1. The molecule has 2 rings (SSSR count). The van der Waals surface area contributed by atoms with Crippen LogP contribution in [0.25, 0.3) is 0 Å². The lowest BCUT2D eigenvalue weighted by Gasteiger charge is -2.30. The van der Waals surface area contributed by atoms with E-state index in [1.165, 1.54) is 0 Å². The highest BCUT2D eigenvalue weighted by atomic mass is 16.2. The molecule has 4 nitrogen and oxygen atoms in total. The van der Waals surface area contributed by atoms with Crippen LogP contribution in [-0.4, -0.2) is 42.6 Å². The number of carbonyl (C=O) groups is 1. The lowest BCUT2D eigenvalue weighted by atomic mass is 10.0. The van der Waals surface area contributed by atoms with Crippen molar-refractivity contribution in [1.82, 2.24) is 15.5 Å². The molecule has 0 radical (unpaired) electrons. The van der Waals surface area contributed by atoms with Gasteiger partial charge >= 0.3 is 6.03 Å². The second kappa shape index (κ2) is 4.84. The van der Waals surface area contributed by atoms with Gasteiger partial charge in [-0.05, 0) is 32.4 Å². The number of hydrogen-bond donors (Lipinski definition) is 2. The highest BCUT2D eigenvalue weighted by Crippen LogP contribution is 2.18. The molecule has 0 aromatic carbocycles. The minimum atomic E-state index is 0.153. The van der Waals surface area contributed by atoms with Crippen LogP contribution in [0.3, 0.4) is 0 Å². The average molecular weight is 211 g/mol. The third-order valence-electron chi connectivity index (χ3n) is 3.39. The van der Waals surface area contributed by atoms with E-state index in [0.29, 0.717) is 12.1 Å². The molecule has 2 fully saturated rings. The highest BCUT2D eigenvalue weighted by molar-refractivity contribution is 5.77. The van der Waals surface area contributed by atoms with Crippen LogP contribution in [0.4, 0.5) is 4.79 Å². The fraction of sp³-hybridized carbons (Fsp3) is 0.909. The van der Waals surface area contributed by atoms with Crippen LogP contribution < -0.4 is 10.6 Å². The van der Waals surface area contributed by atoms with Crippen molar-refractivity contribution < 1.29 is 4.79 Å². The summed E-state index contributed by atoms with van der Waals surface area (Å²) < 4.78 is 0. The first-order valence-electron chi connectivity index (χ1n) is 6.09. The predicted molar refractivity (Wildman–Crippen MR) is 59.8 cm³/mol. The SMILES string of the molecule is CCCC1CN(C2CCNCC2)C(=O)N1. The molecule has 1 unspecified atom stereocenters. The quantitative estimate of drug-likeness (QED) is 0.729. The monoisotopic (exact) mass is 211 g/mol. The Bertz CT molecular complexity index is 226. The van der Waals surface area contributed by atoms with Crippen molar-refractivity contribution in [2.45, 2.75) is 44.7 Å². The van der Waals surface area contributed by atoms with Gasteiger partial charge in [-0.25, -0.2) is 4.79 Å². The van der Waals surface area contributed by atoms with E-state index < -0.39 is 0 Å². The van der Waals surface area contributed by atoms with Crippen LogP contribution >= 0.6 is 0 Å². The normalized spacial score (nSPS) is 28.2. The van der Waals surface area contributed by atoms with Crippen LogP contribution in [0.2, 0.25) is 0 Å². The molecule has 2 heterocycles. The summed E-state index contributed by atoms with van der Waals surface area (Å²) in [4.78, 5) is 13.8. The van der Waals surface area contributed by atoms with Gasteiger partial charge in [0.25, 0.3) is 0 Å². The van der Waals surface area contributed by atoms with Gasteiger partial charge in [-0.2, -0.15) is 0 Å². The second-order valence-corrected chi connectivity index (χ2v) is 4.57. The topological polar surface area (TPSA) is 44.4 Å². The Hall–Kier alpha value is -0.770. The Balaban J connectivity index is 1.89. The minimum absolute atomic E-state index is 0.153. The van der Waals surface area contributed by atoms with E-state index >= 15 is 0 Å². The molecule has 0 aromatic rings. The van der Waals surface area contributed by atoms with Gasteiger partial charge in [-0.1, -0.05) is 13.3 Å². The van der Waals surface area contributed by atoms with E-state index in [1.54, 1.807) is 0 Å². The Labute approximate surface area is 91.4 Å². The summed E-state index contributed by atoms with van der Waals surface area (Å²) in [7, 11) is 0. The molecule has 15 heavy (non-hydrogen) atoms. The van der Waals surface area contributed by atoms with Gasteiger partial charge in [0.15, 0.2) is 0 Å². The Kier molecular flexibility index (Phi) is 3.46. The van der Waals surface area contributed by atoms with Gasteiger partial charge in [-0.3, -0.25) is 0 Å². The van der Waals surface area contributed by atoms with Crippen LogP contribution in [0.15, 0.2) is 0 Å². The average Bonchev–Trinajstić information content (AvgIpc) is 2.61. The minimum Gasteiger partial charge on any atom is -0.333 e. The second-order valence-electron chi connectivity index (χ2n) is 4.57. The van der Waals surface area contributed by atoms with Crippen molar-refractivity contribution in [1.29, 1.82) is 0 Å².